The van der Waals surface area contributed by atoms with Gasteiger partial charge in [0.05, 0.1) is 25.3 Å². The van der Waals surface area contributed by atoms with Crippen LogP contribution in [0.4, 0.5) is 4.39 Å². The number of nitrogens with zero attached hydrogens (tertiary/aromatic N) is 2. The van der Waals surface area contributed by atoms with Crippen molar-refractivity contribution < 1.29 is 9.13 Å². The summed E-state index contributed by atoms with van der Waals surface area (Å²) in [7, 11) is 0. The van der Waals surface area contributed by atoms with Gasteiger partial charge in [-0.15, -0.1) is 11.6 Å². The second kappa shape index (κ2) is 12.6. The van der Waals surface area contributed by atoms with Crippen molar-refractivity contribution in [1.82, 2.24) is 10.3 Å². The van der Waals surface area contributed by atoms with Gasteiger partial charge in [0, 0.05) is 24.5 Å². The molecule has 1 aliphatic heterocycles. The van der Waals surface area contributed by atoms with Gasteiger partial charge in [-0.25, -0.2) is 4.39 Å². The summed E-state index contributed by atoms with van der Waals surface area (Å²) in [6.45, 7) is 9.77. The molecular formula is C18H23ClFN3O. The number of alkyl halides is 1. The summed E-state index contributed by atoms with van der Waals surface area (Å²) in [5.41, 5.74) is 1.45. The van der Waals surface area contributed by atoms with E-state index in [1.807, 2.05) is 12.1 Å². The van der Waals surface area contributed by atoms with Crippen molar-refractivity contribution in [3.63, 3.8) is 0 Å². The Kier molecular flexibility index (Phi) is 10.6. The third-order valence-electron chi connectivity index (χ3n) is 3.23. The molecule has 1 saturated heterocycles. The van der Waals surface area contributed by atoms with Gasteiger partial charge in [-0.2, -0.15) is 0 Å². The Balaban J connectivity index is 0.000000488. The lowest BCUT2D eigenvalue weighted by Crippen LogP contribution is -2.12. The van der Waals surface area contributed by atoms with E-state index in [2.05, 4.69) is 28.6 Å². The second-order valence-electron chi connectivity index (χ2n) is 4.90. The smallest absolute Gasteiger partial charge is 0.120 e. The molecule has 2 rings (SSSR count). The van der Waals surface area contributed by atoms with Crippen LogP contribution in [0.25, 0.3) is 0 Å². The molecule has 0 bridgehead atoms. The quantitative estimate of drug-likeness (QED) is 0.465. The first-order valence-corrected chi connectivity index (χ1v) is 8.13. The average molecular weight is 352 g/mol. The van der Waals surface area contributed by atoms with Gasteiger partial charge in [0.25, 0.3) is 0 Å². The van der Waals surface area contributed by atoms with Gasteiger partial charge in [0.15, 0.2) is 0 Å². The van der Waals surface area contributed by atoms with Gasteiger partial charge < -0.3 is 4.74 Å². The molecule has 24 heavy (non-hydrogen) atoms. The highest BCUT2D eigenvalue weighted by molar-refractivity contribution is 6.19. The molecule has 0 saturated carbocycles. The molecule has 1 fully saturated rings. The predicted octanol–water partition coefficient (Wildman–Crippen LogP) is 3.46. The van der Waals surface area contributed by atoms with Crippen molar-refractivity contribution >= 4 is 18.3 Å². The minimum absolute atomic E-state index is 0.181. The maximum atomic E-state index is 13.8. The fourth-order valence-electron chi connectivity index (χ4n) is 2.01. The van der Waals surface area contributed by atoms with E-state index in [0.717, 1.165) is 25.4 Å². The maximum Gasteiger partial charge on any atom is 0.120 e. The molecule has 1 N–H and O–H groups in total. The molecule has 4 nitrogen and oxygen atoms in total. The molecule has 0 amide bonds. The van der Waals surface area contributed by atoms with Gasteiger partial charge in [-0.3, -0.25) is 15.3 Å². The molecule has 1 aliphatic rings. The first kappa shape index (κ1) is 20.2. The Morgan fingerprint density at radius 3 is 2.71 bits per heavy atom. The van der Waals surface area contributed by atoms with Crippen LogP contribution in [0.1, 0.15) is 5.56 Å². The van der Waals surface area contributed by atoms with E-state index in [9.17, 15) is 4.39 Å². The van der Waals surface area contributed by atoms with Crippen LogP contribution in [-0.2, 0) is 11.2 Å². The first-order chi connectivity index (χ1) is 11.7. The summed E-state index contributed by atoms with van der Waals surface area (Å²) < 4.78 is 18.7. The van der Waals surface area contributed by atoms with Gasteiger partial charge in [-0.1, -0.05) is 24.8 Å². The largest absolute Gasteiger partial charge is 0.365 e. The highest BCUT2D eigenvalue weighted by Gasteiger charge is 2.15. The van der Waals surface area contributed by atoms with E-state index < -0.39 is 5.83 Å². The Morgan fingerprint density at radius 1 is 1.50 bits per heavy atom. The normalized spacial score (nSPS) is 16.1. The Labute approximate surface area is 147 Å². The summed E-state index contributed by atoms with van der Waals surface area (Å²) in [6.07, 6.45) is 8.80. The second-order valence-corrected chi connectivity index (χ2v) is 5.17. The molecule has 0 aliphatic carbocycles. The number of aromatic nitrogens is 1. The minimum atomic E-state index is -0.397. The lowest BCUT2D eigenvalue weighted by Gasteiger charge is -2.14. The number of allylic oxidation sites excluding steroid dienone is 3. The molecule has 6 heteroatoms. The molecule has 2 heterocycles. The lowest BCUT2D eigenvalue weighted by atomic mass is 9.99. The Bertz CT molecular complexity index is 549. The number of nitrogens with one attached hydrogen (secondary N) is 1. The van der Waals surface area contributed by atoms with Crippen molar-refractivity contribution in [2.75, 3.05) is 25.8 Å². The third kappa shape index (κ3) is 7.64. The maximum absolute atomic E-state index is 13.8. The van der Waals surface area contributed by atoms with E-state index in [-0.39, 0.29) is 11.9 Å². The zero-order chi connectivity index (χ0) is 17.6. The van der Waals surface area contributed by atoms with Crippen molar-refractivity contribution in [3.8, 4) is 0 Å². The summed E-state index contributed by atoms with van der Waals surface area (Å²) in [4.78, 5) is 7.94. The average Bonchev–Trinajstić information content (AvgIpc) is 3.21. The van der Waals surface area contributed by atoms with E-state index in [1.165, 1.54) is 0 Å². The molecule has 1 aromatic heterocycles. The lowest BCUT2D eigenvalue weighted by molar-refractivity contribution is 0.194. The molecule has 0 spiro atoms. The molecule has 0 aromatic carbocycles. The van der Waals surface area contributed by atoms with Crippen LogP contribution in [0.2, 0.25) is 0 Å². The fraction of sp³-hybridized carbons (Fsp3) is 0.333. The number of hydrogen-bond donors (Lipinski definition) is 1. The van der Waals surface area contributed by atoms with E-state index >= 15 is 0 Å². The topological polar surface area (TPSA) is 46.5 Å². The molecular weight excluding hydrogens is 329 g/mol. The van der Waals surface area contributed by atoms with Gasteiger partial charge in [-0.05, 0) is 30.8 Å². The van der Waals surface area contributed by atoms with Crippen molar-refractivity contribution in [2.45, 2.75) is 12.5 Å². The zero-order valence-electron chi connectivity index (χ0n) is 13.6. The van der Waals surface area contributed by atoms with Crippen LogP contribution < -0.4 is 5.32 Å². The standard InChI is InChI=1S/C15H16ClFN2.C3H7NO/c1-3-4-5-13(14(17)11-16)15(18-2)10-12-6-8-19-9-7-12;1-2-5-3-4-1/h3-9,15H,1-2,10-11H2;4H,1-3H2/b5-4-,14-13-;. The summed E-state index contributed by atoms with van der Waals surface area (Å²) >= 11 is 5.57. The van der Waals surface area contributed by atoms with Gasteiger partial charge >= 0.3 is 0 Å². The van der Waals surface area contributed by atoms with Crippen LogP contribution in [0, 0.1) is 0 Å². The number of ether oxygens (including phenoxy) is 1. The van der Waals surface area contributed by atoms with Gasteiger partial charge in [0.1, 0.15) is 5.83 Å². The molecule has 130 valence electrons. The monoisotopic (exact) mass is 351 g/mol. The zero-order valence-corrected chi connectivity index (χ0v) is 14.4. The number of rotatable bonds is 7. The molecule has 1 aromatic rings. The van der Waals surface area contributed by atoms with Gasteiger partial charge in [0.2, 0.25) is 0 Å². The first-order valence-electron chi connectivity index (χ1n) is 7.59. The van der Waals surface area contributed by atoms with Crippen LogP contribution in [-0.4, -0.2) is 43.5 Å². The van der Waals surface area contributed by atoms with E-state index in [4.69, 9.17) is 16.3 Å². The van der Waals surface area contributed by atoms with E-state index in [1.54, 1.807) is 30.6 Å². The Hall–Kier alpha value is -1.82. The predicted molar refractivity (Wildman–Crippen MR) is 98.3 cm³/mol. The Morgan fingerprint density at radius 2 is 2.25 bits per heavy atom. The number of pyridine rings is 1. The number of halogens is 2. The third-order valence-corrected chi connectivity index (χ3v) is 3.46. The summed E-state index contributed by atoms with van der Waals surface area (Å²) in [5, 5.41) is 3.00. The number of aliphatic imine (C=N–C) groups is 1. The molecule has 0 radical (unpaired) electrons. The molecule has 1 atom stereocenters. The summed E-state index contributed by atoms with van der Waals surface area (Å²) in [6, 6.07) is 3.36. The SMILES string of the molecule is C1COCN1.C=C/C=C\C(=C(\F)CCl)C(Cc1ccncc1)N=C. The van der Waals surface area contributed by atoms with Crippen LogP contribution in [0.5, 0.6) is 0 Å². The van der Waals surface area contributed by atoms with Crippen molar-refractivity contribution in [3.05, 3.63) is 66.3 Å². The number of hydrogen-bond acceptors (Lipinski definition) is 4. The minimum Gasteiger partial charge on any atom is -0.365 e. The molecule has 1 unspecified atom stereocenters. The summed E-state index contributed by atoms with van der Waals surface area (Å²) in [5.74, 6) is -0.578. The van der Waals surface area contributed by atoms with Crippen molar-refractivity contribution in [2.24, 2.45) is 4.99 Å². The van der Waals surface area contributed by atoms with Crippen LogP contribution >= 0.6 is 11.6 Å². The van der Waals surface area contributed by atoms with Crippen molar-refractivity contribution in [1.29, 1.82) is 0 Å². The van der Waals surface area contributed by atoms with Crippen LogP contribution in [0.3, 0.4) is 0 Å². The highest BCUT2D eigenvalue weighted by atomic mass is 35.5. The van der Waals surface area contributed by atoms with Crippen LogP contribution in [0.15, 0.2) is 65.7 Å². The fourth-order valence-corrected chi connectivity index (χ4v) is 2.16. The van der Waals surface area contributed by atoms with E-state index in [0.29, 0.717) is 12.0 Å². The highest BCUT2D eigenvalue weighted by Crippen LogP contribution is 2.20.